The van der Waals surface area contributed by atoms with Crippen molar-refractivity contribution in [1.29, 1.82) is 0 Å². The van der Waals surface area contributed by atoms with E-state index in [9.17, 15) is 0 Å². The molecule has 0 atom stereocenters. The van der Waals surface area contributed by atoms with E-state index in [-0.39, 0.29) is 10.8 Å². The molecule has 0 saturated carbocycles. The number of hydrogen-bond donors (Lipinski definition) is 0. The second kappa shape index (κ2) is 12.3. The molecule has 4 aromatic carbocycles. The minimum Gasteiger partial charge on any atom is -0.457 e. The van der Waals surface area contributed by atoms with Crippen LogP contribution in [0.25, 0.3) is 22.3 Å². The second-order valence-corrected chi connectivity index (χ2v) is 12.7. The Labute approximate surface area is 269 Å². The molecule has 0 aromatic heterocycles. The molecule has 0 spiro atoms. The Kier molecular flexibility index (Phi) is 8.21. The van der Waals surface area contributed by atoms with Gasteiger partial charge in [0, 0.05) is 10.8 Å². The van der Waals surface area contributed by atoms with Crippen LogP contribution < -0.4 is 0 Å². The average molecular weight is 587 g/mol. The van der Waals surface area contributed by atoms with E-state index in [2.05, 4.69) is 136 Å². The number of ether oxygens (including phenoxy) is 1. The molecule has 6 rings (SSSR count). The zero-order valence-electron chi connectivity index (χ0n) is 26.9. The van der Waals surface area contributed by atoms with Crippen molar-refractivity contribution in [2.75, 3.05) is 0 Å². The van der Waals surface area contributed by atoms with Crippen LogP contribution in [0.1, 0.15) is 62.8 Å². The normalized spacial score (nSPS) is 15.9. The van der Waals surface area contributed by atoms with Gasteiger partial charge in [0.2, 0.25) is 0 Å². The van der Waals surface area contributed by atoms with E-state index in [1.54, 1.807) is 0 Å². The maximum atomic E-state index is 6.57. The molecule has 224 valence electrons. The first kappa shape index (κ1) is 30.2. The van der Waals surface area contributed by atoms with Crippen molar-refractivity contribution in [3.63, 3.8) is 0 Å². The standard InChI is InChI=1S/C44H42O/c1-7-17-33(27-31(3)29-43(5)39-23-13-9-19-35(39)36-20-10-14-24-40(36)43)45-34(18-8-2)28-32(4)30-44(6)41-25-15-11-21-37(41)38-22-12-16-26-42(38)44/h7-28H,3-4,29-30H2,1-2,5-6H3/b17-7-,18-8-,33-27+,34-28+. The highest BCUT2D eigenvalue weighted by Crippen LogP contribution is 2.52. The summed E-state index contributed by atoms with van der Waals surface area (Å²) >= 11 is 0. The fourth-order valence-electron chi connectivity index (χ4n) is 7.57. The average Bonchev–Trinajstić information content (AvgIpc) is 3.43. The van der Waals surface area contributed by atoms with Crippen LogP contribution in [-0.4, -0.2) is 0 Å². The highest BCUT2D eigenvalue weighted by atomic mass is 16.5. The summed E-state index contributed by atoms with van der Waals surface area (Å²) in [6.45, 7) is 17.7. The highest BCUT2D eigenvalue weighted by Gasteiger charge is 2.40. The van der Waals surface area contributed by atoms with Crippen molar-refractivity contribution < 1.29 is 4.74 Å². The fraction of sp³-hybridized carbons (Fsp3) is 0.182. The summed E-state index contributed by atoms with van der Waals surface area (Å²) < 4.78 is 6.57. The molecule has 0 saturated heterocycles. The zero-order valence-corrected chi connectivity index (χ0v) is 26.9. The van der Waals surface area contributed by atoms with Gasteiger partial charge in [-0.2, -0.15) is 0 Å². The van der Waals surface area contributed by atoms with E-state index in [1.165, 1.54) is 44.5 Å². The Morgan fingerprint density at radius 2 is 0.822 bits per heavy atom. The van der Waals surface area contributed by atoms with Gasteiger partial charge in [-0.1, -0.05) is 147 Å². The first-order valence-corrected chi connectivity index (χ1v) is 15.9. The van der Waals surface area contributed by atoms with Gasteiger partial charge in [0.1, 0.15) is 11.5 Å². The number of fused-ring (bicyclic) bond motifs is 6. The summed E-state index contributed by atoms with van der Waals surface area (Å²) in [5.41, 5.74) is 12.4. The SMILES string of the molecule is C=C(/C=C(\C=C/C)OC(/C=C\C)=C/C(=C)CC1(C)c2ccccc2-c2ccccc21)CC1(C)c2ccccc2-c2ccccc21. The van der Waals surface area contributed by atoms with Gasteiger partial charge in [-0.3, -0.25) is 0 Å². The van der Waals surface area contributed by atoms with Crippen molar-refractivity contribution in [1.82, 2.24) is 0 Å². The van der Waals surface area contributed by atoms with E-state index in [4.69, 9.17) is 4.74 Å². The lowest BCUT2D eigenvalue weighted by molar-refractivity contribution is 0.334. The molecule has 0 bridgehead atoms. The fourth-order valence-corrected chi connectivity index (χ4v) is 7.57. The Hall–Kier alpha value is -4.88. The molecular formula is C44H42O. The van der Waals surface area contributed by atoms with Gasteiger partial charge in [-0.25, -0.2) is 0 Å². The lowest BCUT2D eigenvalue weighted by Crippen LogP contribution is -2.21. The Morgan fingerprint density at radius 1 is 0.533 bits per heavy atom. The van der Waals surface area contributed by atoms with Gasteiger partial charge >= 0.3 is 0 Å². The third kappa shape index (κ3) is 5.49. The molecule has 0 N–H and O–H groups in total. The van der Waals surface area contributed by atoms with Crippen molar-refractivity contribution in [3.8, 4) is 22.3 Å². The molecule has 45 heavy (non-hydrogen) atoms. The summed E-state index contributed by atoms with van der Waals surface area (Å²) in [6.07, 6.45) is 13.8. The Balaban J connectivity index is 1.25. The van der Waals surface area contributed by atoms with E-state index in [0.717, 1.165) is 35.5 Å². The molecule has 0 aliphatic heterocycles. The molecule has 2 aliphatic rings. The van der Waals surface area contributed by atoms with Crippen LogP contribution in [-0.2, 0) is 15.6 Å². The molecule has 0 amide bonds. The van der Waals surface area contributed by atoms with Crippen LogP contribution in [0, 0.1) is 0 Å². The lowest BCUT2D eigenvalue weighted by atomic mass is 9.75. The quantitative estimate of drug-likeness (QED) is 0.133. The largest absolute Gasteiger partial charge is 0.457 e. The van der Waals surface area contributed by atoms with Crippen molar-refractivity contribution in [2.24, 2.45) is 0 Å². The third-order valence-electron chi connectivity index (χ3n) is 9.42. The highest BCUT2D eigenvalue weighted by molar-refractivity contribution is 5.82. The number of allylic oxidation sites excluding steroid dienone is 8. The third-order valence-corrected chi connectivity index (χ3v) is 9.42. The minimum absolute atomic E-state index is 0.165. The molecule has 1 heteroatoms. The Morgan fingerprint density at radius 3 is 1.11 bits per heavy atom. The summed E-state index contributed by atoms with van der Waals surface area (Å²) in [7, 11) is 0. The summed E-state index contributed by atoms with van der Waals surface area (Å²) in [5.74, 6) is 1.51. The van der Waals surface area contributed by atoms with Crippen molar-refractivity contribution in [2.45, 2.75) is 51.4 Å². The van der Waals surface area contributed by atoms with Crippen LogP contribution in [0.2, 0.25) is 0 Å². The predicted molar refractivity (Wildman–Crippen MR) is 191 cm³/mol. The molecule has 0 radical (unpaired) electrons. The lowest BCUT2D eigenvalue weighted by Gasteiger charge is -2.28. The van der Waals surface area contributed by atoms with Crippen LogP contribution in [0.3, 0.4) is 0 Å². The first-order chi connectivity index (χ1) is 21.8. The number of hydrogen-bond acceptors (Lipinski definition) is 1. The molecule has 4 aromatic rings. The van der Waals surface area contributed by atoms with Gasteiger partial charge in [0.05, 0.1) is 0 Å². The van der Waals surface area contributed by atoms with Gasteiger partial charge in [0.15, 0.2) is 0 Å². The van der Waals surface area contributed by atoms with E-state index >= 15 is 0 Å². The first-order valence-electron chi connectivity index (χ1n) is 15.9. The molecular weight excluding hydrogens is 544 g/mol. The van der Waals surface area contributed by atoms with Crippen LogP contribution in [0.5, 0.6) is 0 Å². The molecule has 2 aliphatic carbocycles. The van der Waals surface area contributed by atoms with Crippen LogP contribution >= 0.6 is 0 Å². The van der Waals surface area contributed by atoms with Crippen molar-refractivity contribution in [3.05, 3.63) is 192 Å². The minimum atomic E-state index is -0.165. The van der Waals surface area contributed by atoms with Gasteiger partial charge < -0.3 is 4.74 Å². The van der Waals surface area contributed by atoms with E-state index in [0.29, 0.717) is 0 Å². The smallest absolute Gasteiger partial charge is 0.127 e. The molecule has 0 heterocycles. The van der Waals surface area contributed by atoms with Crippen LogP contribution in [0.15, 0.2) is 169 Å². The maximum absolute atomic E-state index is 6.57. The zero-order chi connectivity index (χ0) is 31.6. The summed E-state index contributed by atoms with van der Waals surface area (Å²) in [6, 6.07) is 35.0. The van der Waals surface area contributed by atoms with Gasteiger partial charge in [-0.15, -0.1) is 0 Å². The number of rotatable bonds is 10. The van der Waals surface area contributed by atoms with Crippen molar-refractivity contribution >= 4 is 0 Å². The monoisotopic (exact) mass is 586 g/mol. The summed E-state index contributed by atoms with van der Waals surface area (Å²) in [5, 5.41) is 0. The van der Waals surface area contributed by atoms with E-state index in [1.807, 2.05) is 38.2 Å². The summed E-state index contributed by atoms with van der Waals surface area (Å²) in [4.78, 5) is 0. The molecule has 0 fully saturated rings. The molecule has 1 nitrogen and oxygen atoms in total. The molecule has 0 unspecified atom stereocenters. The van der Waals surface area contributed by atoms with Gasteiger partial charge in [0.25, 0.3) is 0 Å². The Bertz CT molecular complexity index is 1680. The van der Waals surface area contributed by atoms with E-state index < -0.39 is 0 Å². The van der Waals surface area contributed by atoms with Gasteiger partial charge in [-0.05, 0) is 95.5 Å². The topological polar surface area (TPSA) is 9.23 Å². The predicted octanol–water partition coefficient (Wildman–Crippen LogP) is 11.8. The van der Waals surface area contributed by atoms with Crippen LogP contribution in [0.4, 0.5) is 0 Å². The second-order valence-electron chi connectivity index (χ2n) is 12.7. The number of benzene rings is 4. The maximum Gasteiger partial charge on any atom is 0.127 e.